The summed E-state index contributed by atoms with van der Waals surface area (Å²) < 4.78 is 17.9. The van der Waals surface area contributed by atoms with Crippen molar-refractivity contribution in [2.75, 3.05) is 13.7 Å². The minimum absolute atomic E-state index is 0.0454. The standard InChI is InChI=1S/C21H21NO6/c1-3-18-9-6-10-22-14(23)11-19-12-7-4-5-8-13(12)27-16(19)20(15(18)24,17(25)26-2)28-21(18,19)22/h4-5,7-8,16H,3,6,9-11H2,1-2H3/t16?,18-,19-,20+,21-/m1/s1. The summed E-state index contributed by atoms with van der Waals surface area (Å²) in [5, 5.41) is 0. The molecule has 5 aliphatic heterocycles. The van der Waals surface area contributed by atoms with Crippen molar-refractivity contribution in [3.8, 4) is 5.75 Å². The van der Waals surface area contributed by atoms with Crippen LogP contribution in [-0.4, -0.2) is 53.6 Å². The Kier molecular flexibility index (Phi) is 2.71. The fourth-order valence-electron chi connectivity index (χ4n) is 7.12. The average molecular weight is 383 g/mol. The molecule has 28 heavy (non-hydrogen) atoms. The van der Waals surface area contributed by atoms with Crippen molar-refractivity contribution in [1.82, 2.24) is 4.90 Å². The third kappa shape index (κ3) is 1.21. The van der Waals surface area contributed by atoms with E-state index in [-0.39, 0.29) is 18.1 Å². The first-order valence-electron chi connectivity index (χ1n) is 9.86. The third-order valence-corrected chi connectivity index (χ3v) is 7.95. The van der Waals surface area contributed by atoms with Crippen LogP contribution in [0.25, 0.3) is 0 Å². The number of benzene rings is 1. The molecule has 0 aromatic heterocycles. The Morgan fingerprint density at radius 2 is 2.11 bits per heavy atom. The van der Waals surface area contributed by atoms with E-state index in [4.69, 9.17) is 14.2 Å². The molecule has 1 unspecified atom stereocenters. The number of carbonyl (C=O) groups excluding carboxylic acids is 3. The second-order valence-corrected chi connectivity index (χ2v) is 8.53. The van der Waals surface area contributed by atoms with Crippen molar-refractivity contribution in [2.24, 2.45) is 5.41 Å². The van der Waals surface area contributed by atoms with E-state index in [1.807, 2.05) is 31.2 Å². The molecule has 1 amide bonds. The van der Waals surface area contributed by atoms with E-state index in [9.17, 15) is 14.4 Å². The van der Waals surface area contributed by atoms with Gasteiger partial charge in [0.1, 0.15) is 5.75 Å². The monoisotopic (exact) mass is 383 g/mol. The molecule has 4 saturated heterocycles. The summed E-state index contributed by atoms with van der Waals surface area (Å²) >= 11 is 0. The number of para-hydroxylation sites is 1. The SMILES string of the molecule is CC[C@]12CCCN3C(=O)C[C@@]45c6ccccc6OC4[C@@](C(=O)OC)(O[C@]315)C2=O. The second kappa shape index (κ2) is 4.59. The van der Waals surface area contributed by atoms with E-state index in [0.29, 0.717) is 31.6 Å². The molecular formula is C21H21NO6. The lowest BCUT2D eigenvalue weighted by Gasteiger charge is -2.55. The summed E-state index contributed by atoms with van der Waals surface area (Å²) in [4.78, 5) is 42.0. The lowest BCUT2D eigenvalue weighted by atomic mass is 9.49. The molecule has 0 aliphatic carbocycles. The predicted molar refractivity (Wildman–Crippen MR) is 94.4 cm³/mol. The first-order chi connectivity index (χ1) is 13.5. The van der Waals surface area contributed by atoms with Crippen LogP contribution < -0.4 is 4.74 Å². The summed E-state index contributed by atoms with van der Waals surface area (Å²) in [6.45, 7) is 2.46. The number of amides is 1. The lowest BCUT2D eigenvalue weighted by Crippen LogP contribution is -2.73. The van der Waals surface area contributed by atoms with Gasteiger partial charge < -0.3 is 19.1 Å². The zero-order valence-electron chi connectivity index (χ0n) is 15.8. The Bertz CT molecular complexity index is 975. The molecule has 5 heterocycles. The van der Waals surface area contributed by atoms with Gasteiger partial charge in [0.15, 0.2) is 17.6 Å². The summed E-state index contributed by atoms with van der Waals surface area (Å²) in [6.07, 6.45) is 1.05. The van der Waals surface area contributed by atoms with Crippen molar-refractivity contribution in [3.63, 3.8) is 0 Å². The quantitative estimate of drug-likeness (QED) is 0.566. The molecule has 0 N–H and O–H groups in total. The van der Waals surface area contributed by atoms with E-state index >= 15 is 0 Å². The summed E-state index contributed by atoms with van der Waals surface area (Å²) in [5.74, 6) is -0.449. The van der Waals surface area contributed by atoms with E-state index in [0.717, 1.165) is 5.56 Å². The van der Waals surface area contributed by atoms with E-state index < -0.39 is 34.2 Å². The van der Waals surface area contributed by atoms with Crippen LogP contribution in [0.5, 0.6) is 5.75 Å². The number of nitrogens with zero attached hydrogens (tertiary/aromatic N) is 1. The number of Topliss-reactive ketones (excluding diaryl/α,β-unsaturated/α-hetero) is 1. The predicted octanol–water partition coefficient (Wildman–Crippen LogP) is 1.33. The Morgan fingerprint density at radius 1 is 1.32 bits per heavy atom. The van der Waals surface area contributed by atoms with Crippen molar-refractivity contribution < 1.29 is 28.6 Å². The zero-order chi connectivity index (χ0) is 19.5. The van der Waals surface area contributed by atoms with Crippen molar-refractivity contribution in [2.45, 2.75) is 55.5 Å². The molecule has 2 spiro atoms. The van der Waals surface area contributed by atoms with Gasteiger partial charge in [-0.15, -0.1) is 0 Å². The maximum absolute atomic E-state index is 13.9. The van der Waals surface area contributed by atoms with Gasteiger partial charge in [0.2, 0.25) is 5.91 Å². The third-order valence-electron chi connectivity index (χ3n) is 7.95. The lowest BCUT2D eigenvalue weighted by molar-refractivity contribution is -0.210. The fraction of sp³-hybridized carbons (Fsp3) is 0.571. The van der Waals surface area contributed by atoms with Gasteiger partial charge in [-0.2, -0.15) is 0 Å². The van der Waals surface area contributed by atoms with Gasteiger partial charge in [-0.1, -0.05) is 25.1 Å². The molecule has 5 atom stereocenters. The van der Waals surface area contributed by atoms with Crippen molar-refractivity contribution >= 4 is 17.7 Å². The largest absolute Gasteiger partial charge is 0.485 e. The smallest absolute Gasteiger partial charge is 0.350 e. The van der Waals surface area contributed by atoms with Crippen LogP contribution in [0.2, 0.25) is 0 Å². The van der Waals surface area contributed by atoms with Crippen LogP contribution in [0.15, 0.2) is 24.3 Å². The highest BCUT2D eigenvalue weighted by molar-refractivity contribution is 6.16. The van der Waals surface area contributed by atoms with E-state index in [1.165, 1.54) is 7.11 Å². The van der Waals surface area contributed by atoms with Gasteiger partial charge >= 0.3 is 5.97 Å². The number of ketones is 1. The van der Waals surface area contributed by atoms with Gasteiger partial charge in [0.05, 0.1) is 17.9 Å². The normalized spacial score (nSPS) is 44.2. The number of piperidine rings is 1. The molecular weight excluding hydrogens is 362 g/mol. The fourth-order valence-corrected chi connectivity index (χ4v) is 7.12. The van der Waals surface area contributed by atoms with Crippen LogP contribution in [0.1, 0.15) is 38.2 Å². The van der Waals surface area contributed by atoms with Crippen LogP contribution >= 0.6 is 0 Å². The second-order valence-electron chi connectivity index (χ2n) is 8.53. The Hall–Kier alpha value is -2.41. The Balaban J connectivity index is 1.75. The van der Waals surface area contributed by atoms with Gasteiger partial charge in [-0.05, 0) is 25.3 Å². The molecule has 1 aromatic rings. The highest BCUT2D eigenvalue weighted by Crippen LogP contribution is 2.77. The number of rotatable bonds is 2. The van der Waals surface area contributed by atoms with Gasteiger partial charge in [-0.3, -0.25) is 9.59 Å². The zero-order valence-corrected chi connectivity index (χ0v) is 15.8. The minimum Gasteiger partial charge on any atom is -0.485 e. The Labute approximate surface area is 161 Å². The van der Waals surface area contributed by atoms with E-state index in [1.54, 1.807) is 4.90 Å². The number of hydrogen-bond acceptors (Lipinski definition) is 6. The van der Waals surface area contributed by atoms with Crippen molar-refractivity contribution in [3.05, 3.63) is 29.8 Å². The molecule has 2 bridgehead atoms. The van der Waals surface area contributed by atoms with E-state index in [2.05, 4.69) is 0 Å². The first-order valence-corrected chi connectivity index (χ1v) is 9.86. The van der Waals surface area contributed by atoms with Crippen LogP contribution in [-0.2, 0) is 29.3 Å². The highest BCUT2D eigenvalue weighted by Gasteiger charge is 2.96. The topological polar surface area (TPSA) is 82.1 Å². The summed E-state index contributed by atoms with van der Waals surface area (Å²) in [6, 6.07) is 7.52. The molecule has 0 saturated carbocycles. The molecule has 4 fully saturated rings. The molecule has 146 valence electrons. The first kappa shape index (κ1) is 16.5. The minimum atomic E-state index is -1.84. The molecule has 7 heteroatoms. The number of ether oxygens (including phenoxy) is 3. The Morgan fingerprint density at radius 3 is 2.86 bits per heavy atom. The average Bonchev–Trinajstić information content (AvgIpc) is 3.33. The number of carbonyl (C=O) groups is 3. The molecule has 0 radical (unpaired) electrons. The maximum Gasteiger partial charge on any atom is 0.350 e. The molecule has 6 rings (SSSR count). The van der Waals surface area contributed by atoms with Crippen LogP contribution in [0, 0.1) is 5.41 Å². The number of esters is 1. The van der Waals surface area contributed by atoms with Gasteiger partial charge in [-0.25, -0.2) is 4.79 Å². The maximum atomic E-state index is 13.9. The van der Waals surface area contributed by atoms with Gasteiger partial charge in [0.25, 0.3) is 5.60 Å². The van der Waals surface area contributed by atoms with Crippen LogP contribution in [0.4, 0.5) is 0 Å². The van der Waals surface area contributed by atoms with Crippen molar-refractivity contribution in [1.29, 1.82) is 0 Å². The molecule has 7 nitrogen and oxygen atoms in total. The number of methoxy groups -OCH3 is 1. The number of hydrogen-bond donors (Lipinski definition) is 0. The molecule has 5 aliphatic rings. The highest BCUT2D eigenvalue weighted by atomic mass is 16.6. The van der Waals surface area contributed by atoms with Gasteiger partial charge in [0, 0.05) is 18.5 Å². The summed E-state index contributed by atoms with van der Waals surface area (Å²) in [7, 11) is 1.26. The molecule has 1 aromatic carbocycles. The van der Waals surface area contributed by atoms with Crippen LogP contribution in [0.3, 0.4) is 0 Å². The number of fused-ring (bicyclic) bond motifs is 3. The summed E-state index contributed by atoms with van der Waals surface area (Å²) in [5.41, 5.74) is -4.02.